The van der Waals surface area contributed by atoms with Crippen molar-refractivity contribution in [3.8, 4) is 0 Å². The van der Waals surface area contributed by atoms with Crippen LogP contribution in [0, 0.1) is 16.7 Å². The van der Waals surface area contributed by atoms with Gasteiger partial charge in [-0.1, -0.05) is 152 Å². The summed E-state index contributed by atoms with van der Waals surface area (Å²) in [6.45, 7) is 22.7. The lowest BCUT2D eigenvalue weighted by molar-refractivity contribution is 0.255. The second-order valence-electron chi connectivity index (χ2n) is 13.3. The quantitative estimate of drug-likeness (QED) is 0.192. The van der Waals surface area contributed by atoms with E-state index in [-0.39, 0.29) is 0 Å². The first-order chi connectivity index (χ1) is 18.8. The number of hydrogen-bond acceptors (Lipinski definition) is 0. The van der Waals surface area contributed by atoms with Gasteiger partial charge < -0.3 is 0 Å². The molecule has 0 aromatic rings. The van der Waals surface area contributed by atoms with E-state index in [1.807, 2.05) is 0 Å². The van der Waals surface area contributed by atoms with Crippen LogP contribution in [0.25, 0.3) is 0 Å². The maximum absolute atomic E-state index is 2.41. The first kappa shape index (κ1) is 33.3. The average molecular weight is 537 g/mol. The lowest BCUT2D eigenvalue weighted by Crippen LogP contribution is -2.26. The van der Waals surface area contributed by atoms with Crippen LogP contribution in [0.15, 0.2) is 130 Å². The average Bonchev–Trinajstić information content (AvgIpc) is 2.85. The first-order valence-corrected chi connectivity index (χ1v) is 15.3. The van der Waals surface area contributed by atoms with Crippen molar-refractivity contribution in [1.29, 1.82) is 0 Å². The van der Waals surface area contributed by atoms with Gasteiger partial charge in [0.05, 0.1) is 0 Å². The van der Waals surface area contributed by atoms with Gasteiger partial charge in [-0.3, -0.25) is 0 Å². The van der Waals surface area contributed by atoms with Gasteiger partial charge in [-0.05, 0) is 90.0 Å². The molecular weight excluding hydrogens is 480 g/mol. The maximum atomic E-state index is 2.41. The van der Waals surface area contributed by atoms with E-state index in [1.54, 1.807) is 5.57 Å². The molecule has 0 nitrogen and oxygen atoms in total. The molecule has 216 valence electrons. The summed E-state index contributed by atoms with van der Waals surface area (Å²) in [5.41, 5.74) is 10.2. The van der Waals surface area contributed by atoms with Crippen molar-refractivity contribution < 1.29 is 0 Å². The molecule has 2 aliphatic rings. The van der Waals surface area contributed by atoms with E-state index in [1.165, 1.54) is 65.5 Å². The summed E-state index contributed by atoms with van der Waals surface area (Å²) in [6.07, 6.45) is 39.5. The Hall–Kier alpha value is -2.86. The molecule has 0 fully saturated rings. The Kier molecular flexibility index (Phi) is 13.2. The Bertz CT molecular complexity index is 1200. The molecule has 0 aromatic carbocycles. The van der Waals surface area contributed by atoms with Crippen LogP contribution in [-0.2, 0) is 0 Å². The molecule has 2 rings (SSSR count). The molecule has 0 amide bonds. The Morgan fingerprint density at radius 2 is 1.23 bits per heavy atom. The van der Waals surface area contributed by atoms with Crippen LogP contribution in [0.4, 0.5) is 0 Å². The molecule has 2 aliphatic carbocycles. The molecule has 0 unspecified atom stereocenters. The third kappa shape index (κ3) is 11.3. The zero-order valence-corrected chi connectivity index (χ0v) is 27.3. The summed E-state index contributed by atoms with van der Waals surface area (Å²) in [6, 6.07) is 0. The third-order valence-electron chi connectivity index (χ3n) is 8.46. The van der Waals surface area contributed by atoms with Gasteiger partial charge in [0.2, 0.25) is 0 Å². The van der Waals surface area contributed by atoms with Crippen LogP contribution in [0.1, 0.15) is 101 Å². The SMILES string of the molecule is CC1=CCCC(C)(C)[C@H]1/C=C/C(C)=C/C=C/C(C)=C/C=C/C=C(C)/C=C/C=C(C)\C=C\C1=C(C)CCCC1(C)C. The van der Waals surface area contributed by atoms with E-state index < -0.39 is 0 Å². The molecule has 1 atom stereocenters. The summed E-state index contributed by atoms with van der Waals surface area (Å²) >= 11 is 0. The molecular formula is C40H56. The Balaban J connectivity index is 1.88. The van der Waals surface area contributed by atoms with Gasteiger partial charge in [0.25, 0.3) is 0 Å². The molecule has 0 saturated carbocycles. The van der Waals surface area contributed by atoms with Gasteiger partial charge in [0.15, 0.2) is 0 Å². The van der Waals surface area contributed by atoms with Crippen LogP contribution in [0.2, 0.25) is 0 Å². The first-order valence-electron chi connectivity index (χ1n) is 15.3. The molecule has 0 spiro atoms. The van der Waals surface area contributed by atoms with Gasteiger partial charge in [-0.2, -0.15) is 0 Å². The van der Waals surface area contributed by atoms with Gasteiger partial charge in [-0.15, -0.1) is 0 Å². The predicted octanol–water partition coefficient (Wildman–Crippen LogP) is 12.5. The van der Waals surface area contributed by atoms with Crippen LogP contribution in [0.3, 0.4) is 0 Å². The number of allylic oxidation sites excluding steroid dienone is 22. The van der Waals surface area contributed by atoms with Crippen LogP contribution >= 0.6 is 0 Å². The summed E-state index contributed by atoms with van der Waals surface area (Å²) in [5, 5.41) is 0. The molecule has 0 bridgehead atoms. The highest BCUT2D eigenvalue weighted by molar-refractivity contribution is 5.37. The van der Waals surface area contributed by atoms with E-state index in [0.29, 0.717) is 16.7 Å². The molecule has 0 aliphatic heterocycles. The smallest absolute Gasteiger partial charge is 0.00285 e. The fourth-order valence-corrected chi connectivity index (χ4v) is 5.80. The topological polar surface area (TPSA) is 0 Å². The molecule has 0 radical (unpaired) electrons. The van der Waals surface area contributed by atoms with E-state index >= 15 is 0 Å². The Morgan fingerprint density at radius 3 is 1.77 bits per heavy atom. The zero-order valence-electron chi connectivity index (χ0n) is 27.3. The van der Waals surface area contributed by atoms with E-state index in [2.05, 4.69) is 160 Å². The summed E-state index contributed by atoms with van der Waals surface area (Å²) in [7, 11) is 0. The normalized spacial score (nSPS) is 23.6. The molecule has 0 aromatic heterocycles. The Labute approximate surface area is 247 Å². The summed E-state index contributed by atoms with van der Waals surface area (Å²) < 4.78 is 0. The van der Waals surface area contributed by atoms with Gasteiger partial charge in [0, 0.05) is 5.92 Å². The zero-order chi connectivity index (χ0) is 29.8. The minimum atomic E-state index is 0.291. The minimum absolute atomic E-state index is 0.291. The van der Waals surface area contributed by atoms with Crippen LogP contribution in [-0.4, -0.2) is 0 Å². The third-order valence-corrected chi connectivity index (χ3v) is 8.46. The van der Waals surface area contributed by atoms with Crippen molar-refractivity contribution in [2.45, 2.75) is 101 Å². The largest absolute Gasteiger partial charge is 0.0850 e. The molecule has 0 heteroatoms. The maximum Gasteiger partial charge on any atom is 0.00285 e. The molecule has 0 heterocycles. The highest BCUT2D eigenvalue weighted by atomic mass is 14.3. The molecule has 0 N–H and O–H groups in total. The number of hydrogen-bond donors (Lipinski definition) is 0. The highest BCUT2D eigenvalue weighted by Gasteiger charge is 2.30. The van der Waals surface area contributed by atoms with Crippen molar-refractivity contribution in [2.24, 2.45) is 16.7 Å². The fraction of sp³-hybridized carbons (Fsp3) is 0.450. The summed E-state index contributed by atoms with van der Waals surface area (Å²) in [5.74, 6) is 0.532. The van der Waals surface area contributed by atoms with Crippen LogP contribution < -0.4 is 0 Å². The van der Waals surface area contributed by atoms with Crippen molar-refractivity contribution in [2.75, 3.05) is 0 Å². The predicted molar refractivity (Wildman–Crippen MR) is 181 cm³/mol. The van der Waals surface area contributed by atoms with Crippen molar-refractivity contribution in [3.05, 3.63) is 130 Å². The minimum Gasteiger partial charge on any atom is -0.0850 e. The second-order valence-corrected chi connectivity index (χ2v) is 13.3. The standard InChI is InChI=1S/C40H56/c1-31(19-13-21-33(3)25-27-37-35(5)23-15-29-39(37,7)8)17-11-12-18-32(2)20-14-22-34(4)26-28-38-36(6)24-16-30-40(38,9)10/h11-14,17-23,25-28,37H,15-16,24,29-30H2,1-10H3/b12-11+,19-13+,20-14+,27-25+,28-26+,31-17+,32-18+,33-21+,34-22-/t37-/m0/s1. The highest BCUT2D eigenvalue weighted by Crippen LogP contribution is 2.42. The number of rotatable bonds is 10. The summed E-state index contributed by atoms with van der Waals surface area (Å²) in [4.78, 5) is 0. The van der Waals surface area contributed by atoms with Gasteiger partial charge in [0.1, 0.15) is 0 Å². The molecule has 0 saturated heterocycles. The van der Waals surface area contributed by atoms with Gasteiger partial charge in [-0.25, -0.2) is 0 Å². The lowest BCUT2D eigenvalue weighted by Gasteiger charge is -2.36. The van der Waals surface area contributed by atoms with Gasteiger partial charge >= 0.3 is 0 Å². The van der Waals surface area contributed by atoms with E-state index in [9.17, 15) is 0 Å². The monoisotopic (exact) mass is 536 g/mol. The Morgan fingerprint density at radius 1 is 0.700 bits per heavy atom. The van der Waals surface area contributed by atoms with Crippen molar-refractivity contribution >= 4 is 0 Å². The van der Waals surface area contributed by atoms with Crippen LogP contribution in [0.5, 0.6) is 0 Å². The molecule has 40 heavy (non-hydrogen) atoms. The van der Waals surface area contributed by atoms with Crippen molar-refractivity contribution in [3.63, 3.8) is 0 Å². The van der Waals surface area contributed by atoms with Crippen molar-refractivity contribution in [1.82, 2.24) is 0 Å². The lowest BCUT2D eigenvalue weighted by atomic mass is 9.68. The fourth-order valence-electron chi connectivity index (χ4n) is 5.80. The van der Waals surface area contributed by atoms with E-state index in [0.717, 1.165) is 0 Å². The second kappa shape index (κ2) is 15.8. The van der Waals surface area contributed by atoms with E-state index in [4.69, 9.17) is 0 Å².